The predicted octanol–water partition coefficient (Wildman–Crippen LogP) is 2.71. The molecule has 2 aromatic carbocycles. The molecule has 0 saturated carbocycles. The summed E-state index contributed by atoms with van der Waals surface area (Å²) in [4.78, 5) is 12.6. The number of benzene rings is 2. The highest BCUT2D eigenvalue weighted by Gasteiger charge is 2.29. The Labute approximate surface area is 168 Å². The molecule has 1 fully saturated rings. The molecule has 9 heteroatoms. The number of rotatable bonds is 5. The van der Waals surface area contributed by atoms with E-state index in [9.17, 15) is 13.2 Å². The zero-order valence-electron chi connectivity index (χ0n) is 15.8. The molecule has 2 heterocycles. The van der Waals surface area contributed by atoms with Gasteiger partial charge in [0.25, 0.3) is 5.91 Å². The molecule has 3 aromatic rings. The van der Waals surface area contributed by atoms with Crippen LogP contribution in [-0.2, 0) is 14.8 Å². The molecule has 0 spiro atoms. The van der Waals surface area contributed by atoms with Crippen LogP contribution >= 0.6 is 0 Å². The number of methoxy groups -OCH3 is 1. The highest BCUT2D eigenvalue weighted by Crippen LogP contribution is 2.30. The molecule has 1 aliphatic rings. The number of ether oxygens (including phenoxy) is 2. The number of nitrogens with zero attached hydrogens (tertiary/aromatic N) is 1. The van der Waals surface area contributed by atoms with Crippen molar-refractivity contribution in [1.29, 1.82) is 0 Å². The highest BCUT2D eigenvalue weighted by atomic mass is 32.2. The maximum atomic E-state index is 13.1. The van der Waals surface area contributed by atoms with Crippen LogP contribution in [0, 0.1) is 0 Å². The summed E-state index contributed by atoms with van der Waals surface area (Å²) in [5.41, 5.74) is 0.922. The van der Waals surface area contributed by atoms with Crippen molar-refractivity contribution >= 4 is 32.6 Å². The summed E-state index contributed by atoms with van der Waals surface area (Å²) in [6, 6.07) is 13.4. The SMILES string of the molecule is COc1ccc(NC(=O)c2cc3ccccc3o2)cc1S(=O)(=O)N1CCOCC1. The molecular weight excluding hydrogens is 396 g/mol. The molecule has 0 bridgehead atoms. The fourth-order valence-electron chi connectivity index (χ4n) is 3.17. The quantitative estimate of drug-likeness (QED) is 0.687. The highest BCUT2D eigenvalue weighted by molar-refractivity contribution is 7.89. The van der Waals surface area contributed by atoms with E-state index in [1.807, 2.05) is 18.2 Å². The van der Waals surface area contributed by atoms with Crippen LogP contribution in [0.15, 0.2) is 57.8 Å². The monoisotopic (exact) mass is 416 g/mol. The molecule has 1 aromatic heterocycles. The van der Waals surface area contributed by atoms with Crippen molar-refractivity contribution in [3.05, 3.63) is 54.3 Å². The van der Waals surface area contributed by atoms with Crippen LogP contribution in [0.3, 0.4) is 0 Å². The van der Waals surface area contributed by atoms with E-state index in [-0.39, 0.29) is 29.5 Å². The largest absolute Gasteiger partial charge is 0.495 e. The molecule has 0 atom stereocenters. The standard InChI is InChI=1S/C20H20N2O6S/c1-26-17-7-6-15(13-19(17)29(24,25)22-8-10-27-11-9-22)21-20(23)18-12-14-4-2-3-5-16(14)28-18/h2-7,12-13H,8-11H2,1H3,(H,21,23). The van der Waals surface area contributed by atoms with E-state index >= 15 is 0 Å². The van der Waals surface area contributed by atoms with Crippen LogP contribution in [0.1, 0.15) is 10.6 Å². The molecule has 29 heavy (non-hydrogen) atoms. The molecule has 8 nitrogen and oxygen atoms in total. The lowest BCUT2D eigenvalue weighted by atomic mass is 10.2. The fourth-order valence-corrected chi connectivity index (χ4v) is 4.76. The van der Waals surface area contributed by atoms with Gasteiger partial charge in [-0.15, -0.1) is 0 Å². The van der Waals surface area contributed by atoms with Gasteiger partial charge in [-0.25, -0.2) is 8.42 Å². The number of carbonyl (C=O) groups excluding carboxylic acids is 1. The lowest BCUT2D eigenvalue weighted by molar-refractivity contribution is 0.0729. The van der Waals surface area contributed by atoms with E-state index in [1.54, 1.807) is 18.2 Å². The first-order chi connectivity index (χ1) is 14.0. The van der Waals surface area contributed by atoms with Crippen molar-refractivity contribution in [2.75, 3.05) is 38.7 Å². The van der Waals surface area contributed by atoms with Gasteiger partial charge in [-0.05, 0) is 30.3 Å². The summed E-state index contributed by atoms with van der Waals surface area (Å²) in [7, 11) is -2.39. The molecule has 0 unspecified atom stereocenters. The lowest BCUT2D eigenvalue weighted by Gasteiger charge is -2.26. The van der Waals surface area contributed by atoms with Gasteiger partial charge in [0.1, 0.15) is 16.2 Å². The first kappa shape index (κ1) is 19.4. The molecule has 4 rings (SSSR count). The summed E-state index contributed by atoms with van der Waals surface area (Å²) in [6.07, 6.45) is 0. The van der Waals surface area contributed by atoms with Crippen LogP contribution in [0.2, 0.25) is 0 Å². The Balaban J connectivity index is 1.63. The minimum atomic E-state index is -3.79. The van der Waals surface area contributed by atoms with Crippen molar-refractivity contribution in [1.82, 2.24) is 4.31 Å². The van der Waals surface area contributed by atoms with E-state index in [2.05, 4.69) is 5.32 Å². The summed E-state index contributed by atoms with van der Waals surface area (Å²) >= 11 is 0. The summed E-state index contributed by atoms with van der Waals surface area (Å²) < 4.78 is 43.5. The first-order valence-electron chi connectivity index (χ1n) is 9.05. The second kappa shape index (κ2) is 7.86. The number of hydrogen-bond donors (Lipinski definition) is 1. The summed E-state index contributed by atoms with van der Waals surface area (Å²) in [5, 5.41) is 3.50. The molecule has 152 valence electrons. The topological polar surface area (TPSA) is 98.1 Å². The Morgan fingerprint density at radius 2 is 1.86 bits per heavy atom. The van der Waals surface area contributed by atoms with Crippen LogP contribution < -0.4 is 10.1 Å². The number of para-hydroxylation sites is 1. The van der Waals surface area contributed by atoms with Gasteiger partial charge < -0.3 is 19.2 Å². The van der Waals surface area contributed by atoms with Crippen LogP contribution in [0.4, 0.5) is 5.69 Å². The van der Waals surface area contributed by atoms with Gasteiger partial charge in [0, 0.05) is 24.2 Å². The Morgan fingerprint density at radius 1 is 1.10 bits per heavy atom. The fraction of sp³-hybridized carbons (Fsp3) is 0.250. The van der Waals surface area contributed by atoms with Crippen molar-refractivity contribution in [2.45, 2.75) is 4.90 Å². The summed E-state index contributed by atoms with van der Waals surface area (Å²) in [6.45, 7) is 1.20. The van der Waals surface area contributed by atoms with Crippen molar-refractivity contribution in [3.8, 4) is 5.75 Å². The number of sulfonamides is 1. The van der Waals surface area contributed by atoms with Crippen LogP contribution in [0.25, 0.3) is 11.0 Å². The van der Waals surface area contributed by atoms with E-state index in [1.165, 1.54) is 23.5 Å². The Morgan fingerprint density at radius 3 is 2.59 bits per heavy atom. The number of amides is 1. The number of morpholine rings is 1. The van der Waals surface area contributed by atoms with Gasteiger partial charge in [-0.3, -0.25) is 4.79 Å². The number of hydrogen-bond acceptors (Lipinski definition) is 6. The Hall–Kier alpha value is -2.88. The first-order valence-corrected chi connectivity index (χ1v) is 10.5. The number of anilines is 1. The average Bonchev–Trinajstić information content (AvgIpc) is 3.19. The second-order valence-corrected chi connectivity index (χ2v) is 8.39. The second-order valence-electron chi connectivity index (χ2n) is 6.48. The normalized spacial score (nSPS) is 15.3. The van der Waals surface area contributed by atoms with Crippen molar-refractivity contribution in [2.24, 2.45) is 0 Å². The average molecular weight is 416 g/mol. The van der Waals surface area contributed by atoms with E-state index in [0.29, 0.717) is 24.5 Å². The molecule has 1 amide bonds. The predicted molar refractivity (Wildman–Crippen MR) is 107 cm³/mol. The smallest absolute Gasteiger partial charge is 0.291 e. The molecule has 0 radical (unpaired) electrons. The maximum Gasteiger partial charge on any atom is 0.291 e. The molecule has 1 saturated heterocycles. The third-order valence-corrected chi connectivity index (χ3v) is 6.58. The molecule has 1 aliphatic heterocycles. The third-order valence-electron chi connectivity index (χ3n) is 4.66. The minimum absolute atomic E-state index is 0.00990. The Bertz CT molecular complexity index is 1120. The lowest BCUT2D eigenvalue weighted by Crippen LogP contribution is -2.40. The van der Waals surface area contributed by atoms with Crippen molar-refractivity contribution in [3.63, 3.8) is 0 Å². The Kier molecular flexibility index (Phi) is 5.27. The number of nitrogens with one attached hydrogen (secondary N) is 1. The van der Waals surface area contributed by atoms with Gasteiger partial charge in [0.15, 0.2) is 5.76 Å². The van der Waals surface area contributed by atoms with E-state index in [4.69, 9.17) is 13.9 Å². The summed E-state index contributed by atoms with van der Waals surface area (Å²) in [5.74, 6) is -0.126. The zero-order chi connectivity index (χ0) is 20.4. The third kappa shape index (κ3) is 3.84. The number of furan rings is 1. The number of fused-ring (bicyclic) bond motifs is 1. The van der Waals surface area contributed by atoms with Gasteiger partial charge in [0.05, 0.1) is 20.3 Å². The minimum Gasteiger partial charge on any atom is -0.495 e. The van der Waals surface area contributed by atoms with E-state index < -0.39 is 15.9 Å². The van der Waals surface area contributed by atoms with Crippen molar-refractivity contribution < 1.29 is 27.1 Å². The molecule has 0 aliphatic carbocycles. The van der Waals surface area contributed by atoms with E-state index in [0.717, 1.165) is 5.39 Å². The van der Waals surface area contributed by atoms with Crippen LogP contribution in [0.5, 0.6) is 5.75 Å². The number of carbonyl (C=O) groups is 1. The van der Waals surface area contributed by atoms with Gasteiger partial charge in [-0.2, -0.15) is 4.31 Å². The van der Waals surface area contributed by atoms with Gasteiger partial charge in [-0.1, -0.05) is 18.2 Å². The maximum absolute atomic E-state index is 13.1. The molecular formula is C20H20N2O6S. The van der Waals surface area contributed by atoms with Gasteiger partial charge in [0.2, 0.25) is 10.0 Å². The zero-order valence-corrected chi connectivity index (χ0v) is 16.6. The van der Waals surface area contributed by atoms with Gasteiger partial charge >= 0.3 is 0 Å². The van der Waals surface area contributed by atoms with Crippen LogP contribution in [-0.4, -0.2) is 52.0 Å². The molecule has 1 N–H and O–H groups in total.